The van der Waals surface area contributed by atoms with Crippen molar-refractivity contribution in [2.45, 2.75) is 71.0 Å². The average molecular weight is 491 g/mol. The van der Waals surface area contributed by atoms with Gasteiger partial charge in [0.05, 0.1) is 0 Å². The minimum atomic E-state index is -0.646. The molecule has 7 heteroatoms. The molecule has 1 N–H and O–H groups in total. The maximum atomic E-state index is 13.4. The van der Waals surface area contributed by atoms with Crippen LogP contribution in [0.5, 0.6) is 5.75 Å². The fourth-order valence-electron chi connectivity index (χ4n) is 4.26. The second-order valence-corrected chi connectivity index (χ2v) is 9.36. The van der Waals surface area contributed by atoms with E-state index in [1.165, 1.54) is 6.42 Å². The molecule has 0 heterocycles. The SMILES string of the molecule is CC[C@H](C(=O)NC1CCCCC1)N(Cc1c(Cl)cccc1Cl)C(=O)COc1ccccc1C. The lowest BCUT2D eigenvalue weighted by Gasteiger charge is -2.33. The molecule has 178 valence electrons. The normalized spacial score (nSPS) is 15.0. The monoisotopic (exact) mass is 490 g/mol. The topological polar surface area (TPSA) is 58.6 Å². The van der Waals surface area contributed by atoms with Gasteiger partial charge in [-0.05, 0) is 49.9 Å². The van der Waals surface area contributed by atoms with Crippen molar-refractivity contribution in [2.24, 2.45) is 0 Å². The Bertz CT molecular complexity index is 940. The van der Waals surface area contributed by atoms with Crippen LogP contribution in [0.1, 0.15) is 56.6 Å². The number of para-hydroxylation sites is 1. The molecule has 1 fully saturated rings. The van der Waals surface area contributed by atoms with Gasteiger partial charge in [-0.2, -0.15) is 0 Å². The lowest BCUT2D eigenvalue weighted by molar-refractivity contribution is -0.143. The van der Waals surface area contributed by atoms with Gasteiger partial charge in [-0.1, -0.05) is 73.7 Å². The number of hydrogen-bond acceptors (Lipinski definition) is 3. The van der Waals surface area contributed by atoms with E-state index < -0.39 is 6.04 Å². The van der Waals surface area contributed by atoms with Crippen LogP contribution in [-0.2, 0) is 16.1 Å². The zero-order valence-electron chi connectivity index (χ0n) is 19.3. The van der Waals surface area contributed by atoms with Crippen molar-refractivity contribution < 1.29 is 14.3 Å². The molecule has 2 aromatic carbocycles. The molecule has 1 saturated carbocycles. The Labute approximate surface area is 206 Å². The number of carbonyl (C=O) groups excluding carboxylic acids is 2. The number of nitrogens with zero attached hydrogens (tertiary/aromatic N) is 1. The van der Waals surface area contributed by atoms with Crippen molar-refractivity contribution in [1.82, 2.24) is 10.2 Å². The van der Waals surface area contributed by atoms with Crippen molar-refractivity contribution in [3.8, 4) is 5.75 Å². The van der Waals surface area contributed by atoms with Gasteiger partial charge < -0.3 is 15.0 Å². The van der Waals surface area contributed by atoms with Gasteiger partial charge in [0, 0.05) is 28.2 Å². The largest absolute Gasteiger partial charge is 0.484 e. The van der Waals surface area contributed by atoms with Crippen molar-refractivity contribution in [3.05, 3.63) is 63.6 Å². The second-order valence-electron chi connectivity index (χ2n) is 8.54. The standard InChI is InChI=1S/C26H32Cl2N2O3/c1-3-23(26(32)29-19-11-5-4-6-12-19)30(16-20-21(27)13-9-14-22(20)28)25(31)17-33-24-15-8-7-10-18(24)2/h7-10,13-15,19,23H,3-6,11-12,16-17H2,1-2H3,(H,29,32)/t23-/m1/s1. The van der Waals surface area contributed by atoms with E-state index in [1.807, 2.05) is 38.1 Å². The highest BCUT2D eigenvalue weighted by Crippen LogP contribution is 2.27. The maximum absolute atomic E-state index is 13.4. The molecule has 3 rings (SSSR count). The molecule has 1 aliphatic carbocycles. The van der Waals surface area contributed by atoms with Gasteiger partial charge in [0.15, 0.2) is 6.61 Å². The van der Waals surface area contributed by atoms with Gasteiger partial charge in [-0.25, -0.2) is 0 Å². The summed E-state index contributed by atoms with van der Waals surface area (Å²) in [6.07, 6.45) is 5.85. The van der Waals surface area contributed by atoms with Crippen LogP contribution in [0.3, 0.4) is 0 Å². The third-order valence-electron chi connectivity index (χ3n) is 6.17. The zero-order chi connectivity index (χ0) is 23.8. The van der Waals surface area contributed by atoms with E-state index in [0.717, 1.165) is 31.2 Å². The summed E-state index contributed by atoms with van der Waals surface area (Å²) in [7, 11) is 0. The van der Waals surface area contributed by atoms with Gasteiger partial charge >= 0.3 is 0 Å². The van der Waals surface area contributed by atoms with E-state index in [0.29, 0.717) is 27.8 Å². The highest BCUT2D eigenvalue weighted by Gasteiger charge is 2.31. The first-order valence-electron chi connectivity index (χ1n) is 11.6. The summed E-state index contributed by atoms with van der Waals surface area (Å²) < 4.78 is 5.81. The van der Waals surface area contributed by atoms with Gasteiger partial charge in [0.25, 0.3) is 5.91 Å². The van der Waals surface area contributed by atoms with E-state index in [2.05, 4.69) is 5.32 Å². The molecule has 0 radical (unpaired) electrons. The van der Waals surface area contributed by atoms with Crippen LogP contribution in [-0.4, -0.2) is 35.4 Å². The molecule has 1 aliphatic rings. The Morgan fingerprint density at radius 2 is 1.73 bits per heavy atom. The number of benzene rings is 2. The Morgan fingerprint density at radius 1 is 1.06 bits per heavy atom. The molecule has 2 amide bonds. The van der Waals surface area contributed by atoms with Crippen LogP contribution >= 0.6 is 23.2 Å². The van der Waals surface area contributed by atoms with Crippen LogP contribution in [0.2, 0.25) is 10.0 Å². The number of ether oxygens (including phenoxy) is 1. The fourth-order valence-corrected chi connectivity index (χ4v) is 4.78. The third-order valence-corrected chi connectivity index (χ3v) is 6.88. The number of aryl methyl sites for hydroxylation is 1. The van der Waals surface area contributed by atoms with Gasteiger partial charge in [0.2, 0.25) is 5.91 Å². The Balaban J connectivity index is 1.81. The van der Waals surface area contributed by atoms with Crippen LogP contribution < -0.4 is 10.1 Å². The minimum absolute atomic E-state index is 0.130. The van der Waals surface area contributed by atoms with E-state index in [4.69, 9.17) is 27.9 Å². The molecule has 0 bridgehead atoms. The van der Waals surface area contributed by atoms with Gasteiger partial charge in [-0.3, -0.25) is 9.59 Å². The molecule has 0 aliphatic heterocycles. The highest BCUT2D eigenvalue weighted by molar-refractivity contribution is 6.36. The second kappa shape index (κ2) is 12.3. The van der Waals surface area contributed by atoms with Gasteiger partial charge in [-0.15, -0.1) is 0 Å². The highest BCUT2D eigenvalue weighted by atomic mass is 35.5. The Kier molecular flexibility index (Phi) is 9.45. The fraction of sp³-hybridized carbons (Fsp3) is 0.462. The molecule has 0 aromatic heterocycles. The van der Waals surface area contributed by atoms with E-state index in [9.17, 15) is 9.59 Å². The minimum Gasteiger partial charge on any atom is -0.484 e. The number of amides is 2. The molecule has 0 saturated heterocycles. The molecule has 33 heavy (non-hydrogen) atoms. The van der Waals surface area contributed by atoms with Crippen molar-refractivity contribution in [2.75, 3.05) is 6.61 Å². The maximum Gasteiger partial charge on any atom is 0.261 e. The predicted octanol–water partition coefficient (Wildman–Crippen LogP) is 5.94. The van der Waals surface area contributed by atoms with Crippen LogP contribution in [0.4, 0.5) is 0 Å². The molecule has 5 nitrogen and oxygen atoms in total. The lowest BCUT2D eigenvalue weighted by atomic mass is 9.95. The van der Waals surface area contributed by atoms with Gasteiger partial charge in [0.1, 0.15) is 11.8 Å². The summed E-state index contributed by atoms with van der Waals surface area (Å²) in [6, 6.07) is 12.3. The smallest absolute Gasteiger partial charge is 0.261 e. The summed E-state index contributed by atoms with van der Waals surface area (Å²) in [5.74, 6) is 0.206. The quantitative estimate of drug-likeness (QED) is 0.473. The summed E-state index contributed by atoms with van der Waals surface area (Å²) in [5.41, 5.74) is 1.56. The average Bonchev–Trinajstić information content (AvgIpc) is 2.80. The van der Waals surface area contributed by atoms with Crippen molar-refractivity contribution >= 4 is 35.0 Å². The number of carbonyl (C=O) groups is 2. The van der Waals surface area contributed by atoms with Crippen molar-refractivity contribution in [1.29, 1.82) is 0 Å². The Morgan fingerprint density at radius 3 is 2.36 bits per heavy atom. The first kappa shape index (κ1) is 25.4. The van der Waals surface area contributed by atoms with Crippen molar-refractivity contribution in [3.63, 3.8) is 0 Å². The zero-order valence-corrected chi connectivity index (χ0v) is 20.8. The molecule has 2 aromatic rings. The van der Waals surface area contributed by atoms with E-state index in [-0.39, 0.29) is 31.0 Å². The summed E-state index contributed by atoms with van der Waals surface area (Å²) >= 11 is 12.8. The lowest BCUT2D eigenvalue weighted by Crippen LogP contribution is -2.52. The summed E-state index contributed by atoms with van der Waals surface area (Å²) in [5, 5.41) is 4.09. The first-order valence-corrected chi connectivity index (χ1v) is 12.4. The molecule has 0 spiro atoms. The molecular weight excluding hydrogens is 459 g/mol. The number of rotatable bonds is 9. The Hall–Kier alpha value is -2.24. The molecule has 0 unspecified atom stereocenters. The summed E-state index contributed by atoms with van der Waals surface area (Å²) in [4.78, 5) is 28.2. The molecule has 1 atom stereocenters. The molecular formula is C26H32Cl2N2O3. The summed E-state index contributed by atoms with van der Waals surface area (Å²) in [6.45, 7) is 3.78. The van der Waals surface area contributed by atoms with Crippen LogP contribution in [0, 0.1) is 6.92 Å². The van der Waals surface area contributed by atoms with E-state index in [1.54, 1.807) is 23.1 Å². The third kappa shape index (κ3) is 6.87. The van der Waals surface area contributed by atoms with Crippen LogP contribution in [0.15, 0.2) is 42.5 Å². The first-order chi connectivity index (χ1) is 15.9. The number of nitrogens with one attached hydrogen (secondary N) is 1. The van der Waals surface area contributed by atoms with Crippen LogP contribution in [0.25, 0.3) is 0 Å². The number of hydrogen-bond donors (Lipinski definition) is 1. The van der Waals surface area contributed by atoms with E-state index >= 15 is 0 Å². The number of halogens is 2. The predicted molar refractivity (Wildman–Crippen MR) is 133 cm³/mol.